The molecule has 0 spiro atoms. The van der Waals surface area contributed by atoms with E-state index in [9.17, 15) is 4.79 Å². The van der Waals surface area contributed by atoms with Gasteiger partial charge in [0.2, 0.25) is 12.7 Å². The van der Waals surface area contributed by atoms with Crippen molar-refractivity contribution in [3.63, 3.8) is 0 Å². The molecule has 1 N–H and O–H groups in total. The summed E-state index contributed by atoms with van der Waals surface area (Å²) in [6.07, 6.45) is 0. The number of fused-ring (bicyclic) bond motifs is 2. The van der Waals surface area contributed by atoms with Gasteiger partial charge in [0.25, 0.3) is 0 Å². The van der Waals surface area contributed by atoms with Crippen molar-refractivity contribution in [2.24, 2.45) is 0 Å². The summed E-state index contributed by atoms with van der Waals surface area (Å²) < 4.78 is 11.0. The summed E-state index contributed by atoms with van der Waals surface area (Å²) in [5, 5.41) is 4.58. The van der Waals surface area contributed by atoms with Gasteiger partial charge in [-0.15, -0.1) is 0 Å². The summed E-state index contributed by atoms with van der Waals surface area (Å²) in [6, 6.07) is 13.5. The van der Waals surface area contributed by atoms with Crippen LogP contribution < -0.4 is 14.8 Å². The minimum atomic E-state index is -0.186. The van der Waals surface area contributed by atoms with Crippen molar-refractivity contribution in [1.29, 1.82) is 0 Å². The van der Waals surface area contributed by atoms with Crippen LogP contribution in [0.3, 0.4) is 0 Å². The largest absolute Gasteiger partial charge is 0.454 e. The SMILES string of the molecule is C[C@H]1C(=O)NCCN1Cc1cc2cc3c(cc2nc1-c1ccc(Cl)cc1)OCO3. The highest BCUT2D eigenvalue weighted by molar-refractivity contribution is 6.30. The molecule has 6 nitrogen and oxygen atoms in total. The zero-order valence-corrected chi connectivity index (χ0v) is 16.7. The van der Waals surface area contributed by atoms with Gasteiger partial charge in [0, 0.05) is 41.7 Å². The first-order valence-corrected chi connectivity index (χ1v) is 9.97. The molecule has 0 bridgehead atoms. The molecule has 148 valence electrons. The van der Waals surface area contributed by atoms with Gasteiger partial charge in [-0.2, -0.15) is 0 Å². The smallest absolute Gasteiger partial charge is 0.237 e. The third kappa shape index (κ3) is 3.39. The number of pyridine rings is 1. The van der Waals surface area contributed by atoms with Gasteiger partial charge in [-0.1, -0.05) is 23.7 Å². The van der Waals surface area contributed by atoms with Crippen LogP contribution in [0, 0.1) is 0 Å². The van der Waals surface area contributed by atoms with Crippen LogP contribution in [-0.2, 0) is 11.3 Å². The lowest BCUT2D eigenvalue weighted by Crippen LogP contribution is -2.53. The highest BCUT2D eigenvalue weighted by atomic mass is 35.5. The molecule has 1 fully saturated rings. The number of amides is 1. The van der Waals surface area contributed by atoms with E-state index < -0.39 is 0 Å². The molecular weight excluding hydrogens is 390 g/mol. The molecule has 0 aliphatic carbocycles. The van der Waals surface area contributed by atoms with Gasteiger partial charge >= 0.3 is 0 Å². The van der Waals surface area contributed by atoms with Gasteiger partial charge in [0.1, 0.15) is 0 Å². The van der Waals surface area contributed by atoms with Crippen LogP contribution in [0.5, 0.6) is 11.5 Å². The molecule has 2 aliphatic rings. The molecule has 1 aromatic heterocycles. The summed E-state index contributed by atoms with van der Waals surface area (Å²) in [5.74, 6) is 1.50. The average molecular weight is 410 g/mol. The number of carbonyl (C=O) groups is 1. The zero-order valence-electron chi connectivity index (χ0n) is 15.9. The molecule has 2 aromatic carbocycles. The molecule has 5 rings (SSSR count). The number of halogens is 1. The Labute approximate surface area is 173 Å². The molecule has 7 heteroatoms. The predicted octanol–water partition coefficient (Wildman–Crippen LogP) is 3.60. The first-order valence-electron chi connectivity index (χ1n) is 9.59. The molecule has 0 saturated carbocycles. The van der Waals surface area contributed by atoms with Crippen LogP contribution in [0.2, 0.25) is 5.02 Å². The van der Waals surface area contributed by atoms with Crippen LogP contribution in [0.1, 0.15) is 12.5 Å². The number of piperazine rings is 1. The Hall–Kier alpha value is -2.83. The van der Waals surface area contributed by atoms with Crippen LogP contribution in [0.4, 0.5) is 0 Å². The van der Waals surface area contributed by atoms with Crippen molar-refractivity contribution in [1.82, 2.24) is 15.2 Å². The lowest BCUT2D eigenvalue weighted by Gasteiger charge is -2.33. The van der Waals surface area contributed by atoms with E-state index in [2.05, 4.69) is 16.3 Å². The van der Waals surface area contributed by atoms with E-state index in [1.54, 1.807) is 0 Å². The third-order valence-electron chi connectivity index (χ3n) is 5.50. The number of carbonyl (C=O) groups excluding carboxylic acids is 1. The number of nitrogens with zero attached hydrogens (tertiary/aromatic N) is 2. The molecule has 0 radical (unpaired) electrons. The van der Waals surface area contributed by atoms with Crippen LogP contribution in [0.25, 0.3) is 22.2 Å². The second-order valence-electron chi connectivity index (χ2n) is 7.34. The maximum Gasteiger partial charge on any atom is 0.237 e. The normalized spacial score (nSPS) is 18.8. The first kappa shape index (κ1) is 18.2. The summed E-state index contributed by atoms with van der Waals surface area (Å²) in [5.41, 5.74) is 3.76. The highest BCUT2D eigenvalue weighted by Crippen LogP contribution is 2.37. The first-order chi connectivity index (χ1) is 14.1. The molecule has 1 saturated heterocycles. The molecule has 3 heterocycles. The second-order valence-corrected chi connectivity index (χ2v) is 7.78. The van der Waals surface area contributed by atoms with Crippen molar-refractivity contribution in [2.75, 3.05) is 19.9 Å². The number of hydrogen-bond acceptors (Lipinski definition) is 5. The summed E-state index contributed by atoms with van der Waals surface area (Å²) in [6.45, 7) is 4.24. The van der Waals surface area contributed by atoms with Gasteiger partial charge in [0.15, 0.2) is 11.5 Å². The highest BCUT2D eigenvalue weighted by Gasteiger charge is 2.26. The van der Waals surface area contributed by atoms with Crippen LogP contribution in [-0.4, -0.2) is 41.7 Å². The minimum absolute atomic E-state index is 0.0569. The Kier molecular flexibility index (Phi) is 4.53. The molecule has 1 amide bonds. The fourth-order valence-corrected chi connectivity index (χ4v) is 3.98. The average Bonchev–Trinajstić information content (AvgIpc) is 3.17. The zero-order chi connectivity index (χ0) is 20.0. The summed E-state index contributed by atoms with van der Waals surface area (Å²) in [4.78, 5) is 19.2. The fourth-order valence-electron chi connectivity index (χ4n) is 3.85. The lowest BCUT2D eigenvalue weighted by atomic mass is 10.0. The van der Waals surface area contributed by atoms with Gasteiger partial charge in [-0.05, 0) is 36.8 Å². The van der Waals surface area contributed by atoms with Crippen molar-refractivity contribution < 1.29 is 14.3 Å². The Morgan fingerprint density at radius 2 is 1.93 bits per heavy atom. The predicted molar refractivity (Wildman–Crippen MR) is 111 cm³/mol. The number of ether oxygens (including phenoxy) is 2. The Morgan fingerprint density at radius 1 is 1.17 bits per heavy atom. The number of rotatable bonds is 3. The van der Waals surface area contributed by atoms with E-state index >= 15 is 0 Å². The number of benzene rings is 2. The summed E-state index contributed by atoms with van der Waals surface area (Å²) in [7, 11) is 0. The standard InChI is InChI=1S/C22H20ClN3O3/c1-13-22(27)24-6-7-26(13)11-16-8-15-9-19-20(29-12-28-19)10-18(15)25-21(16)14-2-4-17(23)5-3-14/h2-5,8-10,13H,6-7,11-12H2,1H3,(H,24,27)/t13-/m0/s1. The minimum Gasteiger partial charge on any atom is -0.454 e. The Balaban J connectivity index is 1.63. The van der Waals surface area contributed by atoms with Crippen molar-refractivity contribution in [2.45, 2.75) is 19.5 Å². The topological polar surface area (TPSA) is 63.7 Å². The van der Waals surface area contributed by atoms with Crippen molar-refractivity contribution in [3.8, 4) is 22.8 Å². The Bertz CT molecular complexity index is 1100. The van der Waals surface area contributed by atoms with Gasteiger partial charge in [-0.3, -0.25) is 9.69 Å². The van der Waals surface area contributed by atoms with E-state index in [-0.39, 0.29) is 18.7 Å². The van der Waals surface area contributed by atoms with Crippen LogP contribution >= 0.6 is 11.6 Å². The molecule has 1 atom stereocenters. The van der Waals surface area contributed by atoms with E-state index in [4.69, 9.17) is 26.1 Å². The number of nitrogens with one attached hydrogen (secondary N) is 1. The fraction of sp³-hybridized carbons (Fsp3) is 0.273. The Morgan fingerprint density at radius 3 is 2.72 bits per heavy atom. The van der Waals surface area contributed by atoms with E-state index in [0.717, 1.165) is 40.0 Å². The molecule has 29 heavy (non-hydrogen) atoms. The van der Waals surface area contributed by atoms with Crippen LogP contribution in [0.15, 0.2) is 42.5 Å². The van der Waals surface area contributed by atoms with E-state index in [1.165, 1.54) is 0 Å². The van der Waals surface area contributed by atoms with E-state index in [0.29, 0.717) is 23.9 Å². The van der Waals surface area contributed by atoms with Gasteiger partial charge in [0.05, 0.1) is 17.3 Å². The van der Waals surface area contributed by atoms with E-state index in [1.807, 2.05) is 43.3 Å². The third-order valence-corrected chi connectivity index (χ3v) is 5.76. The number of hydrogen-bond donors (Lipinski definition) is 1. The monoisotopic (exact) mass is 409 g/mol. The molecule has 0 unspecified atom stereocenters. The summed E-state index contributed by atoms with van der Waals surface area (Å²) >= 11 is 6.09. The maximum atomic E-state index is 12.1. The van der Waals surface area contributed by atoms with Crippen molar-refractivity contribution in [3.05, 3.63) is 53.1 Å². The second kappa shape index (κ2) is 7.21. The quantitative estimate of drug-likeness (QED) is 0.716. The van der Waals surface area contributed by atoms with Gasteiger partial charge < -0.3 is 14.8 Å². The molecule has 2 aliphatic heterocycles. The molecular formula is C22H20ClN3O3. The lowest BCUT2D eigenvalue weighted by molar-refractivity contribution is -0.128. The number of aromatic nitrogens is 1. The van der Waals surface area contributed by atoms with Crippen molar-refractivity contribution >= 4 is 28.4 Å². The van der Waals surface area contributed by atoms with Gasteiger partial charge in [-0.25, -0.2) is 4.98 Å². The molecule has 3 aromatic rings. The maximum absolute atomic E-state index is 12.1.